The van der Waals surface area contributed by atoms with Crippen LogP contribution in [-0.2, 0) is 4.79 Å². The van der Waals surface area contributed by atoms with Crippen LogP contribution < -0.4 is 4.90 Å². The van der Waals surface area contributed by atoms with Crippen molar-refractivity contribution in [2.75, 3.05) is 63.8 Å². The minimum Gasteiger partial charge on any atom is -0.369 e. The zero-order valence-corrected chi connectivity index (χ0v) is 17.7. The van der Waals surface area contributed by atoms with Crippen LogP contribution in [0.25, 0.3) is 0 Å². The largest absolute Gasteiger partial charge is 0.369 e. The van der Waals surface area contributed by atoms with Crippen LogP contribution in [0.5, 0.6) is 0 Å². The van der Waals surface area contributed by atoms with Gasteiger partial charge in [-0.25, -0.2) is 0 Å². The van der Waals surface area contributed by atoms with E-state index in [1.165, 1.54) is 22.6 Å². The van der Waals surface area contributed by atoms with Crippen LogP contribution in [0.4, 0.5) is 5.69 Å². The Hall–Kier alpha value is -2.38. The molecule has 0 atom stereocenters. The Labute approximate surface area is 176 Å². The molecule has 2 amide bonds. The molecular formula is C22H28N4O2S. The van der Waals surface area contributed by atoms with E-state index in [1.54, 1.807) is 0 Å². The van der Waals surface area contributed by atoms with Crippen LogP contribution in [0.15, 0.2) is 41.8 Å². The molecule has 0 saturated carbocycles. The Morgan fingerprint density at radius 1 is 0.862 bits per heavy atom. The number of aryl methyl sites for hydroxylation is 1. The smallest absolute Gasteiger partial charge is 0.264 e. The molecule has 4 rings (SSSR count). The van der Waals surface area contributed by atoms with E-state index in [9.17, 15) is 9.59 Å². The SMILES string of the molecule is Cc1ccccc1N1CCN(CC(=O)N2CCN(C(=O)c3cccs3)CC2)CC1. The predicted molar refractivity (Wildman–Crippen MR) is 117 cm³/mol. The molecule has 2 aromatic rings. The minimum absolute atomic E-state index is 0.0828. The van der Waals surface area contributed by atoms with Crippen LogP contribution >= 0.6 is 11.3 Å². The third kappa shape index (κ3) is 4.62. The maximum atomic E-state index is 12.7. The molecule has 154 valence electrons. The molecule has 0 aliphatic carbocycles. The second kappa shape index (κ2) is 8.97. The molecule has 0 radical (unpaired) electrons. The summed E-state index contributed by atoms with van der Waals surface area (Å²) in [5.74, 6) is 0.261. The molecule has 0 N–H and O–H groups in total. The van der Waals surface area contributed by atoms with Crippen molar-refractivity contribution in [3.63, 3.8) is 0 Å². The Morgan fingerprint density at radius 2 is 1.55 bits per heavy atom. The zero-order chi connectivity index (χ0) is 20.2. The molecule has 2 aliphatic heterocycles. The first kappa shape index (κ1) is 19.9. The molecule has 7 heteroatoms. The molecule has 29 heavy (non-hydrogen) atoms. The number of carbonyl (C=O) groups excluding carboxylic acids is 2. The summed E-state index contributed by atoms with van der Waals surface area (Å²) in [5.41, 5.74) is 2.59. The second-order valence-electron chi connectivity index (χ2n) is 7.70. The Bertz CT molecular complexity index is 838. The maximum Gasteiger partial charge on any atom is 0.264 e. The highest BCUT2D eigenvalue weighted by Crippen LogP contribution is 2.21. The predicted octanol–water partition coefficient (Wildman–Crippen LogP) is 2.16. The van der Waals surface area contributed by atoms with Gasteiger partial charge in [0, 0.05) is 58.0 Å². The van der Waals surface area contributed by atoms with Crippen LogP contribution in [0.3, 0.4) is 0 Å². The van der Waals surface area contributed by atoms with Crippen LogP contribution in [0.1, 0.15) is 15.2 Å². The van der Waals surface area contributed by atoms with Gasteiger partial charge in [0.25, 0.3) is 5.91 Å². The number of piperazine rings is 2. The lowest BCUT2D eigenvalue weighted by molar-refractivity contribution is -0.134. The number of rotatable bonds is 4. The van der Waals surface area contributed by atoms with Gasteiger partial charge < -0.3 is 14.7 Å². The number of carbonyl (C=O) groups is 2. The Balaban J connectivity index is 1.23. The fourth-order valence-corrected chi connectivity index (χ4v) is 4.76. The highest BCUT2D eigenvalue weighted by atomic mass is 32.1. The van der Waals surface area contributed by atoms with Crippen molar-refractivity contribution in [3.8, 4) is 0 Å². The maximum absolute atomic E-state index is 12.7. The van der Waals surface area contributed by atoms with E-state index in [2.05, 4.69) is 41.0 Å². The van der Waals surface area contributed by atoms with Gasteiger partial charge in [0.15, 0.2) is 0 Å². The molecule has 2 fully saturated rings. The quantitative estimate of drug-likeness (QED) is 0.772. The van der Waals surface area contributed by atoms with Crippen molar-refractivity contribution in [1.29, 1.82) is 0 Å². The second-order valence-corrected chi connectivity index (χ2v) is 8.65. The van der Waals surface area contributed by atoms with E-state index >= 15 is 0 Å². The number of hydrogen-bond donors (Lipinski definition) is 0. The average Bonchev–Trinajstić information content (AvgIpc) is 3.29. The van der Waals surface area contributed by atoms with Crippen LogP contribution in [-0.4, -0.2) is 85.4 Å². The summed E-state index contributed by atoms with van der Waals surface area (Å²) in [6.45, 7) is 8.79. The standard InChI is InChI=1S/C22H28N4O2S/c1-18-5-2-3-6-19(18)24-10-8-23(9-11-24)17-21(27)25-12-14-26(15-13-25)22(28)20-7-4-16-29-20/h2-7,16H,8-15,17H2,1H3. The van der Waals surface area contributed by atoms with E-state index in [0.29, 0.717) is 32.7 Å². The summed E-state index contributed by atoms with van der Waals surface area (Å²) in [6.07, 6.45) is 0. The average molecular weight is 413 g/mol. The lowest BCUT2D eigenvalue weighted by Gasteiger charge is -2.39. The van der Waals surface area contributed by atoms with Crippen LogP contribution in [0.2, 0.25) is 0 Å². The Morgan fingerprint density at radius 3 is 2.21 bits per heavy atom. The van der Waals surface area contributed by atoms with E-state index < -0.39 is 0 Å². The summed E-state index contributed by atoms with van der Waals surface area (Å²) in [5, 5.41) is 1.92. The van der Waals surface area contributed by atoms with Gasteiger partial charge in [-0.15, -0.1) is 11.3 Å². The van der Waals surface area contributed by atoms with Crippen molar-refractivity contribution in [3.05, 3.63) is 52.2 Å². The minimum atomic E-state index is 0.0828. The van der Waals surface area contributed by atoms with Crippen molar-refractivity contribution in [1.82, 2.24) is 14.7 Å². The number of para-hydroxylation sites is 1. The lowest BCUT2D eigenvalue weighted by atomic mass is 10.1. The molecule has 0 spiro atoms. The van der Waals surface area contributed by atoms with E-state index in [4.69, 9.17) is 0 Å². The van der Waals surface area contributed by atoms with Gasteiger partial charge in [-0.05, 0) is 30.0 Å². The van der Waals surface area contributed by atoms with E-state index in [1.807, 2.05) is 27.3 Å². The van der Waals surface area contributed by atoms with E-state index in [-0.39, 0.29) is 11.8 Å². The van der Waals surface area contributed by atoms with Gasteiger partial charge >= 0.3 is 0 Å². The van der Waals surface area contributed by atoms with Gasteiger partial charge in [0.05, 0.1) is 11.4 Å². The fraction of sp³-hybridized carbons (Fsp3) is 0.455. The summed E-state index contributed by atoms with van der Waals surface area (Å²) in [7, 11) is 0. The number of nitrogens with zero attached hydrogens (tertiary/aromatic N) is 4. The number of anilines is 1. The highest BCUT2D eigenvalue weighted by Gasteiger charge is 2.27. The summed E-state index contributed by atoms with van der Waals surface area (Å²) < 4.78 is 0. The monoisotopic (exact) mass is 412 g/mol. The molecule has 2 saturated heterocycles. The third-order valence-electron chi connectivity index (χ3n) is 5.84. The number of amides is 2. The molecule has 2 aliphatic rings. The summed E-state index contributed by atoms with van der Waals surface area (Å²) in [4.78, 5) is 34.4. The van der Waals surface area contributed by atoms with Crippen molar-refractivity contribution < 1.29 is 9.59 Å². The fourth-order valence-electron chi connectivity index (χ4n) is 4.07. The molecular weight excluding hydrogens is 384 g/mol. The normalized spacial score (nSPS) is 18.2. The van der Waals surface area contributed by atoms with Crippen LogP contribution in [0, 0.1) is 6.92 Å². The van der Waals surface area contributed by atoms with Gasteiger partial charge in [0.1, 0.15) is 0 Å². The zero-order valence-electron chi connectivity index (χ0n) is 16.9. The third-order valence-corrected chi connectivity index (χ3v) is 6.70. The topological polar surface area (TPSA) is 47.1 Å². The number of hydrogen-bond acceptors (Lipinski definition) is 5. The number of thiophene rings is 1. The molecule has 6 nitrogen and oxygen atoms in total. The molecule has 3 heterocycles. The first-order valence-corrected chi connectivity index (χ1v) is 11.1. The van der Waals surface area contributed by atoms with Gasteiger partial charge in [-0.2, -0.15) is 0 Å². The van der Waals surface area contributed by atoms with Gasteiger partial charge in [-0.1, -0.05) is 24.3 Å². The van der Waals surface area contributed by atoms with E-state index in [0.717, 1.165) is 31.1 Å². The first-order valence-electron chi connectivity index (χ1n) is 10.3. The molecule has 0 bridgehead atoms. The van der Waals surface area contributed by atoms with Crippen molar-refractivity contribution >= 4 is 28.8 Å². The first-order chi connectivity index (χ1) is 14.1. The summed E-state index contributed by atoms with van der Waals surface area (Å²) in [6, 6.07) is 12.2. The lowest BCUT2D eigenvalue weighted by Crippen LogP contribution is -2.54. The van der Waals surface area contributed by atoms with Gasteiger partial charge in [0.2, 0.25) is 5.91 Å². The summed E-state index contributed by atoms with van der Waals surface area (Å²) >= 11 is 1.47. The van der Waals surface area contributed by atoms with Crippen molar-refractivity contribution in [2.24, 2.45) is 0 Å². The van der Waals surface area contributed by atoms with Crippen molar-refractivity contribution in [2.45, 2.75) is 6.92 Å². The molecule has 1 aromatic heterocycles. The highest BCUT2D eigenvalue weighted by molar-refractivity contribution is 7.12. The molecule has 1 aromatic carbocycles. The van der Waals surface area contributed by atoms with Gasteiger partial charge in [-0.3, -0.25) is 14.5 Å². The Kier molecular flexibility index (Phi) is 6.16. The molecule has 0 unspecified atom stereocenters. The number of benzene rings is 1.